The van der Waals surface area contributed by atoms with Gasteiger partial charge in [0, 0.05) is 6.42 Å². The zero-order valence-electron chi connectivity index (χ0n) is 13.0. The molecule has 0 aliphatic rings. The first kappa shape index (κ1) is 16.5. The van der Waals surface area contributed by atoms with Crippen molar-refractivity contribution in [2.24, 2.45) is 5.73 Å². The van der Waals surface area contributed by atoms with Gasteiger partial charge in [0.05, 0.1) is 6.61 Å². The summed E-state index contributed by atoms with van der Waals surface area (Å²) >= 11 is 0. The van der Waals surface area contributed by atoms with Gasteiger partial charge in [0.15, 0.2) is 0 Å². The Morgan fingerprint density at radius 2 is 1.90 bits per heavy atom. The summed E-state index contributed by atoms with van der Waals surface area (Å²) in [5, 5.41) is 8.94. The Labute approximate surface area is 120 Å². The maximum Gasteiger partial charge on any atom is 0.323 e. The summed E-state index contributed by atoms with van der Waals surface area (Å²) in [6.07, 6.45) is 0.267. The molecule has 0 aliphatic heterocycles. The van der Waals surface area contributed by atoms with E-state index < -0.39 is 11.5 Å². The first-order chi connectivity index (χ1) is 9.04. The van der Waals surface area contributed by atoms with Crippen LogP contribution in [0, 0.1) is 6.92 Å². The van der Waals surface area contributed by atoms with Crippen molar-refractivity contribution in [3.63, 3.8) is 0 Å². The smallest absolute Gasteiger partial charge is 0.323 e. The van der Waals surface area contributed by atoms with Gasteiger partial charge in [-0.25, -0.2) is 0 Å². The minimum atomic E-state index is -1.25. The molecule has 0 saturated heterocycles. The highest BCUT2D eigenvalue weighted by Gasteiger charge is 2.27. The van der Waals surface area contributed by atoms with Gasteiger partial charge in [-0.1, -0.05) is 32.9 Å². The molecule has 0 aliphatic carbocycles. The molecule has 1 aromatic carbocycles. The van der Waals surface area contributed by atoms with Crippen LogP contribution in [0.4, 0.5) is 0 Å². The largest absolute Gasteiger partial charge is 0.493 e. The Morgan fingerprint density at radius 1 is 1.30 bits per heavy atom. The summed E-state index contributed by atoms with van der Waals surface area (Å²) in [7, 11) is 0. The number of hydrogen-bond donors (Lipinski definition) is 2. The Morgan fingerprint density at radius 3 is 2.35 bits per heavy atom. The Bertz CT molecular complexity index is 487. The number of benzene rings is 1. The average Bonchev–Trinajstić information content (AvgIpc) is 2.29. The van der Waals surface area contributed by atoms with Gasteiger partial charge in [0.2, 0.25) is 0 Å². The molecule has 4 heteroatoms. The van der Waals surface area contributed by atoms with E-state index in [1.807, 2.05) is 19.1 Å². The zero-order chi connectivity index (χ0) is 15.6. The number of carboxylic acid groups (broad SMARTS) is 1. The number of aliphatic carboxylic acids is 1. The minimum absolute atomic E-state index is 0.0996. The molecule has 0 bridgehead atoms. The van der Waals surface area contributed by atoms with Crippen LogP contribution in [-0.4, -0.2) is 23.2 Å². The maximum atomic E-state index is 10.9. The predicted octanol–water partition coefficient (Wildman–Crippen LogP) is 2.86. The fourth-order valence-corrected chi connectivity index (χ4v) is 1.76. The molecule has 1 aromatic rings. The van der Waals surface area contributed by atoms with Crippen LogP contribution in [0.2, 0.25) is 0 Å². The van der Waals surface area contributed by atoms with E-state index in [1.165, 1.54) is 12.5 Å². The van der Waals surface area contributed by atoms with E-state index in [0.717, 1.165) is 11.3 Å². The first-order valence-electron chi connectivity index (χ1n) is 6.80. The molecule has 0 spiro atoms. The van der Waals surface area contributed by atoms with E-state index >= 15 is 0 Å². The van der Waals surface area contributed by atoms with E-state index in [4.69, 9.17) is 15.6 Å². The summed E-state index contributed by atoms with van der Waals surface area (Å²) in [4.78, 5) is 10.9. The predicted molar refractivity (Wildman–Crippen MR) is 80.2 cm³/mol. The van der Waals surface area contributed by atoms with E-state index in [2.05, 4.69) is 26.8 Å². The molecule has 0 aromatic heterocycles. The number of ether oxygens (including phenoxy) is 1. The lowest BCUT2D eigenvalue weighted by Gasteiger charge is -2.22. The number of nitrogens with two attached hydrogens (primary N) is 1. The van der Waals surface area contributed by atoms with Gasteiger partial charge in [-0.2, -0.15) is 0 Å². The second-order valence-electron chi connectivity index (χ2n) is 6.55. The number of aryl methyl sites for hydroxylation is 1. The molecule has 112 valence electrons. The molecule has 0 fully saturated rings. The molecular formula is C16H25NO3. The van der Waals surface area contributed by atoms with Gasteiger partial charge < -0.3 is 15.6 Å². The standard InChI is InChI=1S/C16H25NO3/c1-11-10-12(15(2,3)4)6-7-13(11)20-9-8-16(5,17)14(18)19/h6-7,10H,8-9,17H2,1-5H3,(H,18,19). The van der Waals surface area contributed by atoms with Crippen LogP contribution in [0.15, 0.2) is 18.2 Å². The van der Waals surface area contributed by atoms with Crippen LogP contribution in [0.25, 0.3) is 0 Å². The molecule has 20 heavy (non-hydrogen) atoms. The third-order valence-corrected chi connectivity index (χ3v) is 3.41. The van der Waals surface area contributed by atoms with Crippen molar-refractivity contribution in [1.29, 1.82) is 0 Å². The fraction of sp³-hybridized carbons (Fsp3) is 0.562. The van der Waals surface area contributed by atoms with Crippen LogP contribution >= 0.6 is 0 Å². The van der Waals surface area contributed by atoms with E-state index in [-0.39, 0.29) is 18.4 Å². The maximum absolute atomic E-state index is 10.9. The van der Waals surface area contributed by atoms with Crippen LogP contribution in [0.3, 0.4) is 0 Å². The quantitative estimate of drug-likeness (QED) is 0.869. The molecule has 1 unspecified atom stereocenters. The Kier molecular flexibility index (Phi) is 4.81. The first-order valence-corrected chi connectivity index (χ1v) is 6.80. The third kappa shape index (κ3) is 4.23. The summed E-state index contributed by atoms with van der Waals surface area (Å²) in [6, 6.07) is 6.08. The minimum Gasteiger partial charge on any atom is -0.493 e. The highest BCUT2D eigenvalue weighted by atomic mass is 16.5. The molecule has 4 nitrogen and oxygen atoms in total. The van der Waals surface area contributed by atoms with Crippen LogP contribution in [0.1, 0.15) is 45.2 Å². The van der Waals surface area contributed by atoms with E-state index in [1.54, 1.807) is 0 Å². The number of carbonyl (C=O) groups is 1. The molecule has 1 rings (SSSR count). The highest BCUT2D eigenvalue weighted by molar-refractivity contribution is 5.77. The normalized spacial score (nSPS) is 14.7. The van der Waals surface area contributed by atoms with Crippen LogP contribution in [0.5, 0.6) is 5.75 Å². The fourth-order valence-electron chi connectivity index (χ4n) is 1.76. The Balaban J connectivity index is 2.69. The van der Waals surface area contributed by atoms with Gasteiger partial charge in [0.25, 0.3) is 0 Å². The van der Waals surface area contributed by atoms with Gasteiger partial charge in [-0.15, -0.1) is 0 Å². The van der Waals surface area contributed by atoms with Crippen LogP contribution in [-0.2, 0) is 10.2 Å². The van der Waals surface area contributed by atoms with Crippen molar-refractivity contribution in [3.05, 3.63) is 29.3 Å². The summed E-state index contributed by atoms with van der Waals surface area (Å²) in [5.74, 6) is -0.236. The van der Waals surface area contributed by atoms with Crippen molar-refractivity contribution in [2.45, 2.75) is 52.0 Å². The lowest BCUT2D eigenvalue weighted by atomic mass is 9.86. The molecule has 0 amide bonds. The average molecular weight is 279 g/mol. The zero-order valence-corrected chi connectivity index (χ0v) is 13.0. The molecule has 0 heterocycles. The monoisotopic (exact) mass is 279 g/mol. The summed E-state index contributed by atoms with van der Waals surface area (Å²) in [5.41, 5.74) is 6.81. The Hall–Kier alpha value is -1.55. The number of rotatable bonds is 5. The van der Waals surface area contributed by atoms with Crippen LogP contribution < -0.4 is 10.5 Å². The highest BCUT2D eigenvalue weighted by Crippen LogP contribution is 2.27. The summed E-state index contributed by atoms with van der Waals surface area (Å²) in [6.45, 7) is 10.3. The van der Waals surface area contributed by atoms with E-state index in [9.17, 15) is 4.79 Å². The van der Waals surface area contributed by atoms with Crippen molar-refractivity contribution >= 4 is 5.97 Å². The summed E-state index contributed by atoms with van der Waals surface area (Å²) < 4.78 is 5.65. The van der Waals surface area contributed by atoms with Crippen molar-refractivity contribution in [2.75, 3.05) is 6.61 Å². The second-order valence-corrected chi connectivity index (χ2v) is 6.55. The topological polar surface area (TPSA) is 72.5 Å². The van der Waals surface area contributed by atoms with E-state index in [0.29, 0.717) is 0 Å². The van der Waals surface area contributed by atoms with Crippen molar-refractivity contribution < 1.29 is 14.6 Å². The molecule has 0 saturated carbocycles. The molecule has 0 radical (unpaired) electrons. The SMILES string of the molecule is Cc1cc(C(C)(C)C)ccc1OCCC(C)(N)C(=O)O. The lowest BCUT2D eigenvalue weighted by molar-refractivity contribution is -0.143. The molecule has 1 atom stereocenters. The number of carboxylic acids is 1. The van der Waals surface area contributed by atoms with Gasteiger partial charge in [0.1, 0.15) is 11.3 Å². The van der Waals surface area contributed by atoms with Gasteiger partial charge in [-0.3, -0.25) is 4.79 Å². The van der Waals surface area contributed by atoms with Crippen molar-refractivity contribution in [1.82, 2.24) is 0 Å². The second kappa shape index (κ2) is 5.83. The van der Waals surface area contributed by atoms with Gasteiger partial charge >= 0.3 is 5.97 Å². The number of hydrogen-bond acceptors (Lipinski definition) is 3. The molecule has 3 N–H and O–H groups in total. The molecular weight excluding hydrogens is 254 g/mol. The lowest BCUT2D eigenvalue weighted by Crippen LogP contribution is -2.45. The third-order valence-electron chi connectivity index (χ3n) is 3.41. The van der Waals surface area contributed by atoms with Gasteiger partial charge in [-0.05, 0) is 36.5 Å². The van der Waals surface area contributed by atoms with Crippen molar-refractivity contribution in [3.8, 4) is 5.75 Å².